The van der Waals surface area contributed by atoms with Crippen molar-refractivity contribution in [1.29, 1.82) is 0 Å². The number of aryl methyl sites for hydroxylation is 1. The number of rotatable bonds is 3. The first kappa shape index (κ1) is 18.8. The van der Waals surface area contributed by atoms with Crippen molar-refractivity contribution < 1.29 is 0 Å². The summed E-state index contributed by atoms with van der Waals surface area (Å²) in [7, 11) is 0. The fraction of sp³-hybridized carbons (Fsp3) is 0.500. The van der Waals surface area contributed by atoms with Gasteiger partial charge in [-0.25, -0.2) is 0 Å². The summed E-state index contributed by atoms with van der Waals surface area (Å²) in [6.07, 6.45) is 5.51. The number of benzene rings is 2. The summed E-state index contributed by atoms with van der Waals surface area (Å²) in [4.78, 5) is 0. The Balaban J connectivity index is 2.53. The minimum atomic E-state index is 0.265. The van der Waals surface area contributed by atoms with Gasteiger partial charge in [0.25, 0.3) is 0 Å². The number of hydrogen-bond acceptors (Lipinski definition) is 0. The van der Waals surface area contributed by atoms with Gasteiger partial charge in [0.05, 0.1) is 0 Å². The van der Waals surface area contributed by atoms with Crippen LogP contribution in [-0.4, -0.2) is 0 Å². The molecule has 0 nitrogen and oxygen atoms in total. The molecule has 1 unspecified atom stereocenters. The molecule has 1 atom stereocenters. The molecule has 0 heteroatoms. The van der Waals surface area contributed by atoms with Gasteiger partial charge in [-0.1, -0.05) is 78.0 Å². The third-order valence-corrected chi connectivity index (χ3v) is 4.86. The van der Waals surface area contributed by atoms with E-state index in [1.807, 2.05) is 0 Å². The first-order valence-corrected chi connectivity index (χ1v) is 9.18. The second-order valence-corrected chi connectivity index (χ2v) is 9.50. The molecular weight excluding hydrogens is 288 g/mol. The zero-order valence-electron chi connectivity index (χ0n) is 16.8. The standard InChI is InChI=1S/C24H34/c1-9-10-18-14-19-11-12-20(15-21(19)13-17(18)2)22(24(6,7)8)16-23(3,4)5/h9-15,22H,16H2,1-8H3. The highest BCUT2D eigenvalue weighted by Gasteiger charge is 2.30. The van der Waals surface area contributed by atoms with Crippen LogP contribution in [-0.2, 0) is 0 Å². The quantitative estimate of drug-likeness (QED) is 0.542. The molecule has 130 valence electrons. The molecule has 0 spiro atoms. The Bertz CT molecular complexity index is 733. The molecule has 0 aromatic heterocycles. The van der Waals surface area contributed by atoms with Crippen molar-refractivity contribution in [2.45, 2.75) is 67.7 Å². The Morgan fingerprint density at radius 3 is 2.12 bits per heavy atom. The number of hydrogen-bond donors (Lipinski definition) is 0. The smallest absolute Gasteiger partial charge is 0.0108 e. The Kier molecular flexibility index (Phi) is 5.28. The van der Waals surface area contributed by atoms with Crippen LogP contribution >= 0.6 is 0 Å². The summed E-state index contributed by atoms with van der Waals surface area (Å²) in [5, 5.41) is 2.70. The van der Waals surface area contributed by atoms with E-state index in [4.69, 9.17) is 0 Å². The van der Waals surface area contributed by atoms with E-state index in [2.05, 4.69) is 97.9 Å². The predicted octanol–water partition coefficient (Wildman–Crippen LogP) is 7.75. The van der Waals surface area contributed by atoms with Crippen molar-refractivity contribution in [1.82, 2.24) is 0 Å². The maximum absolute atomic E-state index is 2.42. The van der Waals surface area contributed by atoms with Crippen LogP contribution in [0, 0.1) is 17.8 Å². The third kappa shape index (κ3) is 4.50. The monoisotopic (exact) mass is 322 g/mol. The topological polar surface area (TPSA) is 0 Å². The molecule has 2 aromatic carbocycles. The maximum Gasteiger partial charge on any atom is -0.0108 e. The summed E-state index contributed by atoms with van der Waals surface area (Å²) < 4.78 is 0. The SMILES string of the molecule is CC=Cc1cc2ccc(C(CC(C)(C)C)C(C)(C)C)cc2cc1C. The highest BCUT2D eigenvalue weighted by molar-refractivity contribution is 5.86. The second-order valence-electron chi connectivity index (χ2n) is 9.50. The van der Waals surface area contributed by atoms with E-state index in [1.165, 1.54) is 33.9 Å². The van der Waals surface area contributed by atoms with Crippen molar-refractivity contribution in [2.75, 3.05) is 0 Å². The van der Waals surface area contributed by atoms with Gasteiger partial charge in [-0.3, -0.25) is 0 Å². The van der Waals surface area contributed by atoms with Crippen molar-refractivity contribution in [3.05, 3.63) is 53.1 Å². The van der Waals surface area contributed by atoms with Crippen LogP contribution in [0.25, 0.3) is 16.8 Å². The van der Waals surface area contributed by atoms with E-state index in [9.17, 15) is 0 Å². The highest BCUT2D eigenvalue weighted by atomic mass is 14.3. The Morgan fingerprint density at radius 2 is 1.58 bits per heavy atom. The summed E-state index contributed by atoms with van der Waals surface area (Å²) in [6.45, 7) is 18.4. The molecule has 0 amide bonds. The van der Waals surface area contributed by atoms with Gasteiger partial charge < -0.3 is 0 Å². The van der Waals surface area contributed by atoms with Crippen LogP contribution in [0.3, 0.4) is 0 Å². The van der Waals surface area contributed by atoms with E-state index in [0.29, 0.717) is 11.3 Å². The van der Waals surface area contributed by atoms with E-state index in [1.54, 1.807) is 0 Å². The molecule has 0 aliphatic carbocycles. The highest BCUT2D eigenvalue weighted by Crippen LogP contribution is 2.43. The molecule has 0 saturated carbocycles. The lowest BCUT2D eigenvalue weighted by Crippen LogP contribution is -2.23. The second kappa shape index (κ2) is 6.75. The summed E-state index contributed by atoms with van der Waals surface area (Å²) >= 11 is 0. The molecule has 0 aliphatic heterocycles. The first-order valence-electron chi connectivity index (χ1n) is 9.18. The average Bonchev–Trinajstić information content (AvgIpc) is 2.43. The van der Waals surface area contributed by atoms with E-state index < -0.39 is 0 Å². The van der Waals surface area contributed by atoms with Gasteiger partial charge in [0.2, 0.25) is 0 Å². The van der Waals surface area contributed by atoms with Gasteiger partial charge >= 0.3 is 0 Å². The van der Waals surface area contributed by atoms with E-state index >= 15 is 0 Å². The fourth-order valence-corrected chi connectivity index (χ4v) is 3.56. The predicted molar refractivity (Wildman–Crippen MR) is 110 cm³/mol. The Morgan fingerprint density at radius 1 is 0.917 bits per heavy atom. The summed E-state index contributed by atoms with van der Waals surface area (Å²) in [6, 6.07) is 11.7. The van der Waals surface area contributed by atoms with Crippen LogP contribution in [0.5, 0.6) is 0 Å². The van der Waals surface area contributed by atoms with Crippen LogP contribution in [0.2, 0.25) is 0 Å². The minimum absolute atomic E-state index is 0.265. The lowest BCUT2D eigenvalue weighted by atomic mass is 9.69. The molecule has 0 N–H and O–H groups in total. The summed E-state index contributed by atoms with van der Waals surface area (Å²) in [5.41, 5.74) is 4.74. The molecule has 2 rings (SSSR count). The van der Waals surface area contributed by atoms with Gasteiger partial charge in [-0.15, -0.1) is 0 Å². The molecule has 0 heterocycles. The zero-order valence-corrected chi connectivity index (χ0v) is 16.8. The van der Waals surface area contributed by atoms with Gasteiger partial charge in [0.15, 0.2) is 0 Å². The van der Waals surface area contributed by atoms with Crippen LogP contribution in [0.1, 0.15) is 77.5 Å². The Hall–Kier alpha value is -1.56. The van der Waals surface area contributed by atoms with Crippen LogP contribution < -0.4 is 0 Å². The first-order chi connectivity index (χ1) is 11.0. The number of fused-ring (bicyclic) bond motifs is 1. The average molecular weight is 323 g/mol. The molecule has 0 saturated heterocycles. The summed E-state index contributed by atoms with van der Waals surface area (Å²) in [5.74, 6) is 0.567. The van der Waals surface area contributed by atoms with Crippen LogP contribution in [0.4, 0.5) is 0 Å². The molecule has 24 heavy (non-hydrogen) atoms. The number of allylic oxidation sites excluding steroid dienone is 1. The normalized spacial score (nSPS) is 14.5. The van der Waals surface area contributed by atoms with Crippen molar-refractivity contribution in [3.63, 3.8) is 0 Å². The molecule has 0 radical (unpaired) electrons. The molecule has 2 aromatic rings. The lowest BCUT2D eigenvalue weighted by molar-refractivity contribution is 0.229. The minimum Gasteiger partial charge on any atom is -0.0871 e. The lowest BCUT2D eigenvalue weighted by Gasteiger charge is -2.36. The van der Waals surface area contributed by atoms with Crippen molar-refractivity contribution in [2.24, 2.45) is 10.8 Å². The van der Waals surface area contributed by atoms with E-state index in [0.717, 1.165) is 0 Å². The van der Waals surface area contributed by atoms with Gasteiger partial charge in [-0.2, -0.15) is 0 Å². The zero-order chi connectivity index (χ0) is 18.1. The van der Waals surface area contributed by atoms with Gasteiger partial charge in [-0.05, 0) is 70.5 Å². The van der Waals surface area contributed by atoms with E-state index in [-0.39, 0.29) is 5.41 Å². The molecule has 0 bridgehead atoms. The largest absolute Gasteiger partial charge is 0.0871 e. The van der Waals surface area contributed by atoms with Crippen LogP contribution in [0.15, 0.2) is 36.4 Å². The maximum atomic E-state index is 2.42. The molecule has 0 aliphatic rings. The van der Waals surface area contributed by atoms with Crippen molar-refractivity contribution >= 4 is 16.8 Å². The fourth-order valence-electron chi connectivity index (χ4n) is 3.56. The van der Waals surface area contributed by atoms with Gasteiger partial charge in [0.1, 0.15) is 0 Å². The molecule has 0 fully saturated rings. The Labute approximate surface area is 149 Å². The van der Waals surface area contributed by atoms with Crippen molar-refractivity contribution in [3.8, 4) is 0 Å². The molecular formula is C24H34. The van der Waals surface area contributed by atoms with Gasteiger partial charge in [0, 0.05) is 0 Å². The third-order valence-electron chi connectivity index (χ3n) is 4.86.